The zero-order valence-electron chi connectivity index (χ0n) is 13.4. The van der Waals surface area contributed by atoms with Gasteiger partial charge in [0.15, 0.2) is 6.04 Å². The Morgan fingerprint density at radius 2 is 1.78 bits per heavy atom. The van der Waals surface area contributed by atoms with Crippen molar-refractivity contribution in [2.45, 2.75) is 32.4 Å². The minimum absolute atomic E-state index is 0.0279. The van der Waals surface area contributed by atoms with Gasteiger partial charge in [-0.05, 0) is 32.9 Å². The average Bonchev–Trinajstić information content (AvgIpc) is 2.45. The van der Waals surface area contributed by atoms with Crippen molar-refractivity contribution in [2.75, 3.05) is 19.0 Å². The lowest BCUT2D eigenvalue weighted by atomic mass is 10.2. The fraction of sp³-hybridized carbons (Fsp3) is 0.467. The second-order valence-corrected chi connectivity index (χ2v) is 6.51. The zero-order valence-corrected chi connectivity index (χ0v) is 14.9. The number of carbonyl (C=O) groups is 2. The van der Waals surface area contributed by atoms with Crippen molar-refractivity contribution >= 4 is 40.9 Å². The fourth-order valence-corrected chi connectivity index (χ4v) is 2.06. The summed E-state index contributed by atoms with van der Waals surface area (Å²) in [6.45, 7) is 5.49. The van der Waals surface area contributed by atoms with Crippen molar-refractivity contribution in [1.82, 2.24) is 5.32 Å². The summed E-state index contributed by atoms with van der Waals surface area (Å²) in [6.07, 6.45) is 0. The third-order valence-electron chi connectivity index (χ3n) is 2.68. The van der Waals surface area contributed by atoms with Crippen molar-refractivity contribution in [1.29, 1.82) is 0 Å². The van der Waals surface area contributed by atoms with Gasteiger partial charge in [-0.2, -0.15) is 0 Å². The summed E-state index contributed by atoms with van der Waals surface area (Å²) in [5.74, 6) is -0.616. The molecule has 128 valence electrons. The molecule has 0 aliphatic carbocycles. The zero-order chi connectivity index (χ0) is 17.6. The predicted molar refractivity (Wildman–Crippen MR) is 90.1 cm³/mol. The molecule has 0 spiro atoms. The summed E-state index contributed by atoms with van der Waals surface area (Å²) < 4.78 is 10.2. The van der Waals surface area contributed by atoms with E-state index in [1.165, 1.54) is 7.11 Å². The van der Waals surface area contributed by atoms with Crippen LogP contribution >= 0.6 is 23.2 Å². The molecule has 2 amide bonds. The van der Waals surface area contributed by atoms with Gasteiger partial charge in [-0.1, -0.05) is 29.3 Å². The van der Waals surface area contributed by atoms with E-state index in [1.807, 2.05) is 20.8 Å². The Balaban J connectivity index is 2.75. The van der Waals surface area contributed by atoms with E-state index in [1.54, 1.807) is 18.2 Å². The van der Waals surface area contributed by atoms with Crippen LogP contribution in [0.25, 0.3) is 0 Å². The normalized spacial score (nSPS) is 12.4. The number of hydrogen-bond donors (Lipinski definition) is 2. The van der Waals surface area contributed by atoms with Crippen LogP contribution in [0.4, 0.5) is 10.5 Å². The van der Waals surface area contributed by atoms with Gasteiger partial charge in [-0.15, -0.1) is 0 Å². The van der Waals surface area contributed by atoms with Gasteiger partial charge in [0.2, 0.25) is 0 Å². The first-order valence-corrected chi connectivity index (χ1v) is 7.63. The van der Waals surface area contributed by atoms with Gasteiger partial charge >= 0.3 is 12.0 Å². The number of hydrogen-bond acceptors (Lipinski definition) is 4. The molecule has 2 N–H and O–H groups in total. The highest BCUT2D eigenvalue weighted by atomic mass is 35.5. The van der Waals surface area contributed by atoms with Crippen LogP contribution in [-0.4, -0.2) is 37.4 Å². The summed E-state index contributed by atoms with van der Waals surface area (Å²) >= 11 is 12.0. The molecule has 1 aromatic carbocycles. The molecular weight excluding hydrogens is 343 g/mol. The minimum atomic E-state index is -0.958. The predicted octanol–water partition coefficient (Wildman–Crippen LogP) is 3.47. The molecule has 1 rings (SSSR count). The molecule has 0 aliphatic heterocycles. The molecule has 1 aromatic rings. The summed E-state index contributed by atoms with van der Waals surface area (Å²) in [6, 6.07) is 3.23. The van der Waals surface area contributed by atoms with E-state index >= 15 is 0 Å². The van der Waals surface area contributed by atoms with Crippen molar-refractivity contribution in [2.24, 2.45) is 0 Å². The molecule has 0 aromatic heterocycles. The molecule has 0 heterocycles. The highest BCUT2D eigenvalue weighted by Gasteiger charge is 2.25. The number of halogens is 2. The van der Waals surface area contributed by atoms with Crippen LogP contribution in [0.1, 0.15) is 20.8 Å². The number of para-hydroxylation sites is 1. The Bertz CT molecular complexity index is 553. The van der Waals surface area contributed by atoms with Gasteiger partial charge in [-0.3, -0.25) is 0 Å². The Morgan fingerprint density at radius 1 is 1.22 bits per heavy atom. The number of urea groups is 1. The molecule has 1 unspecified atom stereocenters. The molecule has 0 bridgehead atoms. The van der Waals surface area contributed by atoms with Crippen molar-refractivity contribution < 1.29 is 19.1 Å². The van der Waals surface area contributed by atoms with E-state index in [2.05, 4.69) is 15.4 Å². The van der Waals surface area contributed by atoms with Crippen molar-refractivity contribution in [3.05, 3.63) is 28.2 Å². The number of carbonyl (C=O) groups excluding carboxylic acids is 2. The molecule has 0 fully saturated rings. The number of amides is 2. The van der Waals surface area contributed by atoms with Gasteiger partial charge < -0.3 is 20.1 Å². The van der Waals surface area contributed by atoms with Crippen LogP contribution in [0.15, 0.2) is 18.2 Å². The Kier molecular flexibility index (Phi) is 7.12. The van der Waals surface area contributed by atoms with Gasteiger partial charge in [0, 0.05) is 0 Å². The first kappa shape index (κ1) is 19.5. The molecule has 1 atom stereocenters. The first-order valence-electron chi connectivity index (χ1n) is 6.87. The van der Waals surface area contributed by atoms with Crippen LogP contribution in [0.2, 0.25) is 10.0 Å². The van der Waals surface area contributed by atoms with Crippen molar-refractivity contribution in [3.8, 4) is 0 Å². The van der Waals surface area contributed by atoms with Gasteiger partial charge in [0.1, 0.15) is 0 Å². The molecule has 23 heavy (non-hydrogen) atoms. The standard InChI is InChI=1S/C15H20Cl2N2O4/c1-15(2,3)23-8-11(13(20)22-4)18-14(21)19-12-9(16)6-5-7-10(12)17/h5-7,11H,8H2,1-4H3,(H2,18,19,21). The van der Waals surface area contributed by atoms with E-state index in [0.29, 0.717) is 0 Å². The second kappa shape index (κ2) is 8.38. The van der Waals surface area contributed by atoms with E-state index in [9.17, 15) is 9.59 Å². The lowest BCUT2D eigenvalue weighted by Crippen LogP contribution is -2.47. The highest BCUT2D eigenvalue weighted by molar-refractivity contribution is 6.39. The number of rotatable bonds is 5. The van der Waals surface area contributed by atoms with E-state index in [-0.39, 0.29) is 22.3 Å². The van der Waals surface area contributed by atoms with Crippen LogP contribution < -0.4 is 10.6 Å². The van der Waals surface area contributed by atoms with Gasteiger partial charge in [0.25, 0.3) is 0 Å². The molecule has 0 aliphatic rings. The minimum Gasteiger partial charge on any atom is -0.467 e. The number of esters is 1. The lowest BCUT2D eigenvalue weighted by molar-refractivity contribution is -0.145. The van der Waals surface area contributed by atoms with Gasteiger partial charge in [0.05, 0.1) is 35.1 Å². The SMILES string of the molecule is COC(=O)C(COC(C)(C)C)NC(=O)Nc1c(Cl)cccc1Cl. The van der Waals surface area contributed by atoms with E-state index in [0.717, 1.165) is 0 Å². The van der Waals surface area contributed by atoms with Gasteiger partial charge in [-0.25, -0.2) is 9.59 Å². The molecule has 0 saturated heterocycles. The molecule has 8 heteroatoms. The highest BCUT2D eigenvalue weighted by Crippen LogP contribution is 2.29. The molecule has 0 radical (unpaired) electrons. The van der Waals surface area contributed by atoms with Crippen LogP contribution in [0.5, 0.6) is 0 Å². The molecule has 0 saturated carbocycles. The number of benzene rings is 1. The smallest absolute Gasteiger partial charge is 0.330 e. The lowest BCUT2D eigenvalue weighted by Gasteiger charge is -2.24. The monoisotopic (exact) mass is 362 g/mol. The van der Waals surface area contributed by atoms with E-state index < -0.39 is 23.6 Å². The number of nitrogens with one attached hydrogen (secondary N) is 2. The topological polar surface area (TPSA) is 76.7 Å². The van der Waals surface area contributed by atoms with Crippen molar-refractivity contribution in [3.63, 3.8) is 0 Å². The third kappa shape index (κ3) is 6.64. The maximum absolute atomic E-state index is 12.1. The summed E-state index contributed by atoms with van der Waals surface area (Å²) in [5.41, 5.74) is -0.204. The quantitative estimate of drug-likeness (QED) is 0.786. The summed E-state index contributed by atoms with van der Waals surface area (Å²) in [4.78, 5) is 23.8. The third-order valence-corrected chi connectivity index (χ3v) is 3.31. The van der Waals surface area contributed by atoms with Crippen LogP contribution in [0.3, 0.4) is 0 Å². The number of anilines is 1. The van der Waals surface area contributed by atoms with E-state index in [4.69, 9.17) is 27.9 Å². The Labute approximate surface area is 145 Å². The molecular formula is C15H20Cl2N2O4. The molecule has 6 nitrogen and oxygen atoms in total. The Hall–Kier alpha value is -1.50. The maximum atomic E-state index is 12.1. The average molecular weight is 363 g/mol. The second-order valence-electron chi connectivity index (χ2n) is 5.69. The fourth-order valence-electron chi connectivity index (χ4n) is 1.57. The van der Waals surface area contributed by atoms with Crippen LogP contribution in [0, 0.1) is 0 Å². The largest absolute Gasteiger partial charge is 0.467 e. The number of ether oxygens (including phenoxy) is 2. The Morgan fingerprint density at radius 3 is 2.26 bits per heavy atom. The first-order chi connectivity index (χ1) is 10.6. The number of methoxy groups -OCH3 is 1. The van der Waals surface area contributed by atoms with Crippen LogP contribution in [-0.2, 0) is 14.3 Å². The summed E-state index contributed by atoms with van der Waals surface area (Å²) in [5, 5.41) is 5.55. The maximum Gasteiger partial charge on any atom is 0.330 e. The summed E-state index contributed by atoms with van der Waals surface area (Å²) in [7, 11) is 1.23.